The summed E-state index contributed by atoms with van der Waals surface area (Å²) in [6, 6.07) is 14.4. The molecule has 22 heavy (non-hydrogen) atoms. The number of nitriles is 1. The Kier molecular flexibility index (Phi) is 4.68. The highest BCUT2D eigenvalue weighted by Gasteiger charge is 2.14. The van der Waals surface area contributed by atoms with Gasteiger partial charge in [0.05, 0.1) is 22.6 Å². The number of nitrogens with one attached hydrogen (secondary N) is 1. The molecule has 0 radical (unpaired) electrons. The molecule has 0 saturated heterocycles. The second-order valence-corrected chi connectivity index (χ2v) is 6.62. The normalized spacial score (nSPS) is 11.0. The molecule has 0 aliphatic carbocycles. The van der Waals surface area contributed by atoms with Gasteiger partial charge in [-0.2, -0.15) is 5.26 Å². The van der Waals surface area contributed by atoms with Crippen LogP contribution in [-0.2, 0) is 10.0 Å². The van der Waals surface area contributed by atoms with Crippen LogP contribution in [0, 0.1) is 11.3 Å². The van der Waals surface area contributed by atoms with Crippen LogP contribution in [-0.4, -0.2) is 14.5 Å². The van der Waals surface area contributed by atoms with Crippen molar-refractivity contribution >= 4 is 15.7 Å². The molecule has 114 valence electrons. The first-order valence-corrected chi connectivity index (χ1v) is 8.19. The maximum absolute atomic E-state index is 12.3. The van der Waals surface area contributed by atoms with Crippen LogP contribution < -0.4 is 9.46 Å². The third kappa shape index (κ3) is 3.99. The summed E-state index contributed by atoms with van der Waals surface area (Å²) in [5, 5.41) is 8.84. The number of anilines is 1. The third-order valence-corrected chi connectivity index (χ3v) is 4.13. The van der Waals surface area contributed by atoms with E-state index in [0.29, 0.717) is 17.0 Å². The van der Waals surface area contributed by atoms with E-state index in [2.05, 4.69) is 4.72 Å². The molecular formula is C16H16N2O3S. The van der Waals surface area contributed by atoms with Crippen molar-refractivity contribution in [3.63, 3.8) is 0 Å². The Morgan fingerprint density at radius 1 is 1.14 bits per heavy atom. The molecule has 0 aliphatic rings. The van der Waals surface area contributed by atoms with Gasteiger partial charge in [-0.15, -0.1) is 0 Å². The minimum atomic E-state index is -3.72. The van der Waals surface area contributed by atoms with Gasteiger partial charge in [0, 0.05) is 5.69 Å². The van der Waals surface area contributed by atoms with Gasteiger partial charge in [-0.1, -0.05) is 6.07 Å². The van der Waals surface area contributed by atoms with Crippen molar-refractivity contribution in [2.24, 2.45) is 0 Å². The molecule has 2 aromatic rings. The molecule has 0 bridgehead atoms. The average molecular weight is 316 g/mol. The first-order valence-electron chi connectivity index (χ1n) is 6.70. The molecule has 5 nitrogen and oxygen atoms in total. The summed E-state index contributed by atoms with van der Waals surface area (Å²) in [6.07, 6.45) is 0.0521. The van der Waals surface area contributed by atoms with Crippen LogP contribution in [0.25, 0.3) is 0 Å². The van der Waals surface area contributed by atoms with Gasteiger partial charge in [0.25, 0.3) is 10.0 Å². The molecule has 0 unspecified atom stereocenters. The fourth-order valence-corrected chi connectivity index (χ4v) is 2.92. The Morgan fingerprint density at radius 2 is 1.82 bits per heavy atom. The Bertz CT molecular complexity index is 791. The summed E-state index contributed by atoms with van der Waals surface area (Å²) < 4.78 is 32.5. The Morgan fingerprint density at radius 3 is 2.41 bits per heavy atom. The van der Waals surface area contributed by atoms with Crippen molar-refractivity contribution < 1.29 is 13.2 Å². The van der Waals surface area contributed by atoms with Gasteiger partial charge in [0.1, 0.15) is 5.75 Å². The van der Waals surface area contributed by atoms with Crippen LogP contribution >= 0.6 is 0 Å². The molecule has 0 atom stereocenters. The summed E-state index contributed by atoms with van der Waals surface area (Å²) >= 11 is 0. The van der Waals surface area contributed by atoms with Crippen molar-refractivity contribution in [1.82, 2.24) is 0 Å². The highest BCUT2D eigenvalue weighted by molar-refractivity contribution is 7.92. The summed E-state index contributed by atoms with van der Waals surface area (Å²) in [7, 11) is -3.72. The predicted octanol–water partition coefficient (Wildman–Crippen LogP) is 3.15. The second kappa shape index (κ2) is 6.50. The van der Waals surface area contributed by atoms with E-state index in [1.807, 2.05) is 19.9 Å². The first kappa shape index (κ1) is 15.9. The maximum Gasteiger partial charge on any atom is 0.261 e. The molecule has 0 aliphatic heterocycles. The van der Waals surface area contributed by atoms with Gasteiger partial charge in [0.15, 0.2) is 0 Å². The monoisotopic (exact) mass is 316 g/mol. The zero-order chi connectivity index (χ0) is 16.2. The van der Waals surface area contributed by atoms with Gasteiger partial charge in [-0.25, -0.2) is 8.42 Å². The number of ether oxygens (including phenoxy) is 1. The third-order valence-electron chi connectivity index (χ3n) is 2.75. The molecule has 0 aromatic heterocycles. The highest BCUT2D eigenvalue weighted by atomic mass is 32.2. The van der Waals surface area contributed by atoms with Gasteiger partial charge in [-0.3, -0.25) is 4.72 Å². The smallest absolute Gasteiger partial charge is 0.261 e. The minimum absolute atomic E-state index is 0.0501. The zero-order valence-electron chi connectivity index (χ0n) is 12.3. The van der Waals surface area contributed by atoms with Crippen LogP contribution in [0.15, 0.2) is 53.4 Å². The molecule has 0 fully saturated rings. The minimum Gasteiger partial charge on any atom is -0.491 e. The molecule has 0 saturated carbocycles. The fraction of sp³-hybridized carbons (Fsp3) is 0.188. The van der Waals surface area contributed by atoms with E-state index in [-0.39, 0.29) is 11.0 Å². The number of hydrogen-bond donors (Lipinski definition) is 1. The number of nitrogens with zero attached hydrogens (tertiary/aromatic N) is 1. The lowest BCUT2D eigenvalue weighted by Crippen LogP contribution is -2.13. The van der Waals surface area contributed by atoms with Gasteiger partial charge in [0.2, 0.25) is 0 Å². The zero-order valence-corrected chi connectivity index (χ0v) is 13.1. The lowest BCUT2D eigenvalue weighted by Gasteiger charge is -2.11. The summed E-state index contributed by atoms with van der Waals surface area (Å²) in [5.74, 6) is 0.671. The topological polar surface area (TPSA) is 79.2 Å². The highest BCUT2D eigenvalue weighted by Crippen LogP contribution is 2.20. The Labute approximate surface area is 130 Å². The number of sulfonamides is 1. The number of hydrogen-bond acceptors (Lipinski definition) is 4. The van der Waals surface area contributed by atoms with Crippen LogP contribution in [0.2, 0.25) is 0 Å². The van der Waals surface area contributed by atoms with E-state index in [9.17, 15) is 8.42 Å². The van der Waals surface area contributed by atoms with Gasteiger partial charge < -0.3 is 4.74 Å². The molecule has 2 rings (SSSR count). The molecule has 2 aromatic carbocycles. The van der Waals surface area contributed by atoms with Crippen molar-refractivity contribution in [3.05, 3.63) is 54.1 Å². The number of rotatable bonds is 5. The molecule has 6 heteroatoms. The van der Waals surface area contributed by atoms with Crippen molar-refractivity contribution in [3.8, 4) is 11.8 Å². The molecule has 0 spiro atoms. The summed E-state index contributed by atoms with van der Waals surface area (Å²) in [6.45, 7) is 3.83. The maximum atomic E-state index is 12.3. The van der Waals surface area contributed by atoms with Crippen molar-refractivity contribution in [2.45, 2.75) is 24.8 Å². The molecule has 1 N–H and O–H groups in total. The molecular weight excluding hydrogens is 300 g/mol. The first-order chi connectivity index (χ1) is 10.4. The number of benzene rings is 2. The SMILES string of the molecule is CC(C)Oc1ccc(NS(=O)(=O)c2cccc(C#N)c2)cc1. The quantitative estimate of drug-likeness (QED) is 0.919. The van der Waals surface area contributed by atoms with Crippen molar-refractivity contribution in [1.29, 1.82) is 5.26 Å². The Balaban J connectivity index is 2.20. The van der Waals surface area contributed by atoms with Crippen LogP contribution in [0.4, 0.5) is 5.69 Å². The molecule has 0 amide bonds. The van der Waals surface area contributed by atoms with Crippen LogP contribution in [0.5, 0.6) is 5.75 Å². The molecule has 0 heterocycles. The standard InChI is InChI=1S/C16H16N2O3S/c1-12(2)21-15-8-6-14(7-9-15)18-22(19,20)16-5-3-4-13(10-16)11-17/h3-10,12,18H,1-2H3. The van der Waals surface area contributed by atoms with Gasteiger partial charge >= 0.3 is 0 Å². The Hall–Kier alpha value is -2.52. The summed E-state index contributed by atoms with van der Waals surface area (Å²) in [4.78, 5) is 0.0501. The lowest BCUT2D eigenvalue weighted by atomic mass is 10.2. The van der Waals surface area contributed by atoms with E-state index in [4.69, 9.17) is 10.00 Å². The van der Waals surface area contributed by atoms with E-state index < -0.39 is 10.0 Å². The van der Waals surface area contributed by atoms with Crippen LogP contribution in [0.3, 0.4) is 0 Å². The fourth-order valence-electron chi connectivity index (χ4n) is 1.82. The van der Waals surface area contributed by atoms with Crippen LogP contribution in [0.1, 0.15) is 19.4 Å². The van der Waals surface area contributed by atoms with Gasteiger partial charge in [-0.05, 0) is 56.3 Å². The second-order valence-electron chi connectivity index (χ2n) is 4.94. The van der Waals surface area contributed by atoms with E-state index in [1.165, 1.54) is 18.2 Å². The van der Waals surface area contributed by atoms with E-state index in [1.54, 1.807) is 30.3 Å². The average Bonchev–Trinajstić information content (AvgIpc) is 2.48. The summed E-state index contributed by atoms with van der Waals surface area (Å²) in [5.41, 5.74) is 0.724. The van der Waals surface area contributed by atoms with E-state index >= 15 is 0 Å². The van der Waals surface area contributed by atoms with E-state index in [0.717, 1.165) is 0 Å². The largest absolute Gasteiger partial charge is 0.491 e. The predicted molar refractivity (Wildman–Crippen MR) is 84.2 cm³/mol. The van der Waals surface area contributed by atoms with Crippen molar-refractivity contribution in [2.75, 3.05) is 4.72 Å². The lowest BCUT2D eigenvalue weighted by molar-refractivity contribution is 0.242.